The lowest BCUT2D eigenvalue weighted by molar-refractivity contribution is 0.000731. The van der Waals surface area contributed by atoms with Crippen molar-refractivity contribution in [2.45, 2.75) is 66.2 Å². The van der Waals surface area contributed by atoms with Crippen molar-refractivity contribution in [2.75, 3.05) is 13.2 Å². The van der Waals surface area contributed by atoms with Crippen LogP contribution in [0.2, 0.25) is 0 Å². The number of hydrogen-bond donors (Lipinski definition) is 1. The van der Waals surface area contributed by atoms with Crippen molar-refractivity contribution >= 4 is 0 Å². The molecule has 2 atom stereocenters. The van der Waals surface area contributed by atoms with Crippen LogP contribution in [0.25, 0.3) is 0 Å². The lowest BCUT2D eigenvalue weighted by Crippen LogP contribution is -2.39. The number of aryl methyl sites for hydroxylation is 1. The standard InChI is InChI=1S/C16H31N3O/c1-6-10-17-15(16(13(4)5)20-8-3)14-9-11-18-19(14)12-7-2/h9,11,13,15-17H,6-8,10,12H2,1-5H3. The summed E-state index contributed by atoms with van der Waals surface area (Å²) in [5.74, 6) is 0.467. The van der Waals surface area contributed by atoms with Gasteiger partial charge in [-0.25, -0.2) is 0 Å². The summed E-state index contributed by atoms with van der Waals surface area (Å²) >= 11 is 0. The van der Waals surface area contributed by atoms with Crippen LogP contribution < -0.4 is 5.32 Å². The molecule has 0 bridgehead atoms. The second kappa shape index (κ2) is 9.14. The first kappa shape index (κ1) is 17.2. The lowest BCUT2D eigenvalue weighted by Gasteiger charge is -2.31. The highest BCUT2D eigenvalue weighted by Crippen LogP contribution is 2.25. The molecule has 20 heavy (non-hydrogen) atoms. The van der Waals surface area contributed by atoms with Crippen molar-refractivity contribution in [1.29, 1.82) is 0 Å². The average molecular weight is 281 g/mol. The summed E-state index contributed by atoms with van der Waals surface area (Å²) in [4.78, 5) is 0. The highest BCUT2D eigenvalue weighted by molar-refractivity contribution is 5.10. The van der Waals surface area contributed by atoms with Crippen molar-refractivity contribution in [3.05, 3.63) is 18.0 Å². The minimum absolute atomic E-state index is 0.179. The highest BCUT2D eigenvalue weighted by Gasteiger charge is 2.28. The Morgan fingerprint density at radius 1 is 1.25 bits per heavy atom. The van der Waals surface area contributed by atoms with Crippen molar-refractivity contribution in [2.24, 2.45) is 5.92 Å². The minimum atomic E-state index is 0.179. The molecular weight excluding hydrogens is 250 g/mol. The third kappa shape index (κ3) is 4.60. The number of nitrogens with zero attached hydrogens (tertiary/aromatic N) is 2. The van der Waals surface area contributed by atoms with Crippen LogP contribution >= 0.6 is 0 Å². The molecule has 116 valence electrons. The van der Waals surface area contributed by atoms with Crippen LogP contribution in [0.1, 0.15) is 59.2 Å². The predicted octanol–water partition coefficient (Wildman–Crippen LogP) is 3.39. The maximum atomic E-state index is 6.02. The van der Waals surface area contributed by atoms with Gasteiger partial charge in [0.05, 0.1) is 17.8 Å². The Hall–Kier alpha value is -0.870. The quantitative estimate of drug-likeness (QED) is 0.714. The molecule has 0 saturated heterocycles. The number of hydrogen-bond acceptors (Lipinski definition) is 3. The van der Waals surface area contributed by atoms with Crippen LogP contribution in [0.5, 0.6) is 0 Å². The van der Waals surface area contributed by atoms with E-state index in [9.17, 15) is 0 Å². The van der Waals surface area contributed by atoms with E-state index in [2.05, 4.69) is 55.8 Å². The van der Waals surface area contributed by atoms with Gasteiger partial charge in [-0.15, -0.1) is 0 Å². The summed E-state index contributed by atoms with van der Waals surface area (Å²) < 4.78 is 8.13. The van der Waals surface area contributed by atoms with E-state index in [1.165, 1.54) is 5.69 Å². The van der Waals surface area contributed by atoms with E-state index >= 15 is 0 Å². The van der Waals surface area contributed by atoms with Gasteiger partial charge in [0.25, 0.3) is 0 Å². The second-order valence-electron chi connectivity index (χ2n) is 5.57. The summed E-state index contributed by atoms with van der Waals surface area (Å²) in [6.45, 7) is 13.6. The molecule has 0 amide bonds. The van der Waals surface area contributed by atoms with Gasteiger partial charge < -0.3 is 10.1 Å². The fraction of sp³-hybridized carbons (Fsp3) is 0.812. The van der Waals surface area contributed by atoms with E-state index in [0.29, 0.717) is 5.92 Å². The fourth-order valence-electron chi connectivity index (χ4n) is 2.56. The Bertz CT molecular complexity index is 362. The first-order chi connectivity index (χ1) is 9.65. The summed E-state index contributed by atoms with van der Waals surface area (Å²) in [6, 6.07) is 2.33. The minimum Gasteiger partial charge on any atom is -0.376 e. The zero-order valence-corrected chi connectivity index (χ0v) is 13.7. The molecule has 0 aromatic carbocycles. The normalized spacial score (nSPS) is 14.7. The SMILES string of the molecule is CCCNC(c1ccnn1CCC)C(OCC)C(C)C. The average Bonchev–Trinajstić information content (AvgIpc) is 2.86. The van der Waals surface area contributed by atoms with Crippen molar-refractivity contribution in [3.8, 4) is 0 Å². The molecule has 0 aliphatic heterocycles. The van der Waals surface area contributed by atoms with Gasteiger partial charge in [0.2, 0.25) is 0 Å². The maximum Gasteiger partial charge on any atom is 0.0807 e. The van der Waals surface area contributed by atoms with Crippen LogP contribution in [0.15, 0.2) is 12.3 Å². The molecule has 0 aliphatic rings. The van der Waals surface area contributed by atoms with E-state index in [0.717, 1.165) is 32.5 Å². The van der Waals surface area contributed by atoms with Crippen LogP contribution in [0.3, 0.4) is 0 Å². The Morgan fingerprint density at radius 3 is 2.55 bits per heavy atom. The van der Waals surface area contributed by atoms with Crippen LogP contribution in [0, 0.1) is 5.92 Å². The van der Waals surface area contributed by atoms with E-state index in [4.69, 9.17) is 4.74 Å². The monoisotopic (exact) mass is 281 g/mol. The van der Waals surface area contributed by atoms with Gasteiger partial charge in [-0.3, -0.25) is 4.68 Å². The van der Waals surface area contributed by atoms with Crippen molar-refractivity contribution < 1.29 is 4.74 Å². The number of rotatable bonds is 10. The molecule has 4 heteroatoms. The zero-order valence-electron chi connectivity index (χ0n) is 13.7. The summed E-state index contributed by atoms with van der Waals surface area (Å²) in [7, 11) is 0. The molecule has 1 heterocycles. The third-order valence-corrected chi connectivity index (χ3v) is 3.46. The molecule has 1 rings (SSSR count). The van der Waals surface area contributed by atoms with Gasteiger partial charge in [0, 0.05) is 19.3 Å². The molecule has 0 aliphatic carbocycles. The molecule has 0 radical (unpaired) electrons. The lowest BCUT2D eigenvalue weighted by atomic mass is 9.96. The molecule has 1 aromatic rings. The van der Waals surface area contributed by atoms with Crippen molar-refractivity contribution in [3.63, 3.8) is 0 Å². The van der Waals surface area contributed by atoms with Crippen molar-refractivity contribution in [1.82, 2.24) is 15.1 Å². The molecular formula is C16H31N3O. The summed E-state index contributed by atoms with van der Waals surface area (Å²) in [5.41, 5.74) is 1.24. The molecule has 4 nitrogen and oxygen atoms in total. The fourth-order valence-corrected chi connectivity index (χ4v) is 2.56. The zero-order chi connectivity index (χ0) is 15.0. The third-order valence-electron chi connectivity index (χ3n) is 3.46. The second-order valence-corrected chi connectivity index (χ2v) is 5.57. The van der Waals surface area contributed by atoms with Crippen LogP contribution in [0.4, 0.5) is 0 Å². The van der Waals surface area contributed by atoms with Gasteiger partial charge in [0.15, 0.2) is 0 Å². The number of aromatic nitrogens is 2. The maximum absolute atomic E-state index is 6.02. The van der Waals surface area contributed by atoms with E-state index in [1.807, 2.05) is 6.20 Å². The van der Waals surface area contributed by atoms with Gasteiger partial charge in [0.1, 0.15) is 0 Å². The van der Waals surface area contributed by atoms with Gasteiger partial charge in [-0.05, 0) is 38.3 Å². The van der Waals surface area contributed by atoms with E-state index in [-0.39, 0.29) is 12.1 Å². The summed E-state index contributed by atoms with van der Waals surface area (Å²) in [5, 5.41) is 8.11. The molecule has 0 saturated carbocycles. The molecule has 1 aromatic heterocycles. The number of ether oxygens (including phenoxy) is 1. The smallest absolute Gasteiger partial charge is 0.0807 e. The largest absolute Gasteiger partial charge is 0.376 e. The molecule has 0 fully saturated rings. The predicted molar refractivity (Wildman–Crippen MR) is 83.8 cm³/mol. The van der Waals surface area contributed by atoms with Crippen LogP contribution in [-0.2, 0) is 11.3 Å². The number of nitrogens with one attached hydrogen (secondary N) is 1. The van der Waals surface area contributed by atoms with E-state index < -0.39 is 0 Å². The Morgan fingerprint density at radius 2 is 2.00 bits per heavy atom. The Balaban J connectivity index is 2.99. The van der Waals surface area contributed by atoms with Gasteiger partial charge in [-0.2, -0.15) is 5.10 Å². The Kier molecular flexibility index (Phi) is 7.85. The molecule has 0 spiro atoms. The topological polar surface area (TPSA) is 39.1 Å². The highest BCUT2D eigenvalue weighted by atomic mass is 16.5. The van der Waals surface area contributed by atoms with Gasteiger partial charge in [-0.1, -0.05) is 27.7 Å². The van der Waals surface area contributed by atoms with Crippen LogP contribution in [-0.4, -0.2) is 29.0 Å². The molecule has 1 N–H and O–H groups in total. The van der Waals surface area contributed by atoms with Gasteiger partial charge >= 0.3 is 0 Å². The van der Waals surface area contributed by atoms with E-state index in [1.54, 1.807) is 0 Å². The first-order valence-electron chi connectivity index (χ1n) is 8.02. The Labute approximate surface area is 123 Å². The molecule has 2 unspecified atom stereocenters. The summed E-state index contributed by atoms with van der Waals surface area (Å²) in [6.07, 6.45) is 4.29. The first-order valence-corrected chi connectivity index (χ1v) is 8.02.